The van der Waals surface area contributed by atoms with Crippen LogP contribution in [0.4, 0.5) is 4.79 Å². The maximum atomic E-state index is 12.1. The third kappa shape index (κ3) is 8.38. The van der Waals surface area contributed by atoms with Crippen molar-refractivity contribution < 1.29 is 14.4 Å². The van der Waals surface area contributed by atoms with Gasteiger partial charge in [-0.3, -0.25) is 9.59 Å². The zero-order chi connectivity index (χ0) is 25.9. The fraction of sp³-hybridized carbons (Fsp3) is 0.560. The zero-order valence-corrected chi connectivity index (χ0v) is 21.6. The van der Waals surface area contributed by atoms with Gasteiger partial charge < -0.3 is 21.3 Å². The number of amides is 4. The average molecular weight is 527 g/mol. The molecular formula is C25H34N8O3S. The molecule has 11 nitrogen and oxygen atoms in total. The molecule has 4 amide bonds. The third-order valence-corrected chi connectivity index (χ3v) is 8.10. The van der Waals surface area contributed by atoms with E-state index in [1.165, 1.54) is 6.33 Å². The van der Waals surface area contributed by atoms with Crippen molar-refractivity contribution >= 4 is 29.6 Å². The van der Waals surface area contributed by atoms with Gasteiger partial charge in [0.25, 0.3) is 0 Å². The molecule has 1 aromatic carbocycles. The van der Waals surface area contributed by atoms with Crippen LogP contribution in [0.5, 0.6) is 0 Å². The minimum atomic E-state index is -0.0573. The van der Waals surface area contributed by atoms with E-state index in [4.69, 9.17) is 0 Å². The summed E-state index contributed by atoms with van der Waals surface area (Å²) in [7, 11) is 0. The van der Waals surface area contributed by atoms with Crippen molar-refractivity contribution in [3.05, 3.63) is 36.2 Å². The highest BCUT2D eigenvalue weighted by atomic mass is 32.2. The van der Waals surface area contributed by atoms with Crippen LogP contribution in [0.1, 0.15) is 56.9 Å². The molecular weight excluding hydrogens is 492 g/mol. The molecule has 0 saturated carbocycles. The normalized spacial score (nSPS) is 20.1. The Labute approximate surface area is 220 Å². The molecule has 12 heteroatoms. The minimum Gasteiger partial charge on any atom is -0.356 e. The number of benzene rings is 1. The standard InChI is InChI=1S/C25H34N8O3S/c34-21(8-4-3-6-20-23-19(15-37-20)30-25(36)31-23)26-13-5-1-2-7-22(35)27-14-17-9-11-18(12-10-17)24-32-28-16-29-33-24/h9-12,16,19-20,23H,1-8,13-15H2,(H,26,34)(H,27,35)(H2,30,31,36)/t19-,20-,23-/m0/s1. The van der Waals surface area contributed by atoms with E-state index in [9.17, 15) is 14.4 Å². The Hall–Kier alpha value is -3.28. The van der Waals surface area contributed by atoms with Crippen molar-refractivity contribution in [1.29, 1.82) is 0 Å². The number of fused-ring (bicyclic) bond motifs is 1. The number of aromatic nitrogens is 4. The summed E-state index contributed by atoms with van der Waals surface area (Å²) in [5, 5.41) is 27.6. The van der Waals surface area contributed by atoms with Crippen molar-refractivity contribution in [2.45, 2.75) is 75.2 Å². The first-order valence-electron chi connectivity index (χ1n) is 12.9. The first kappa shape index (κ1) is 26.8. The van der Waals surface area contributed by atoms with Gasteiger partial charge in [0.05, 0.1) is 12.1 Å². The molecule has 2 aliphatic heterocycles. The molecule has 3 heterocycles. The van der Waals surface area contributed by atoms with E-state index < -0.39 is 0 Å². The van der Waals surface area contributed by atoms with E-state index in [-0.39, 0.29) is 29.9 Å². The SMILES string of the molecule is O=C(CCCC[C@@H]1SC[C@@H]2NC(=O)N[C@@H]21)NCCCCCC(=O)NCc1ccc(-c2nncnn2)cc1. The van der Waals surface area contributed by atoms with E-state index in [2.05, 4.69) is 41.7 Å². The summed E-state index contributed by atoms with van der Waals surface area (Å²) in [6.45, 7) is 1.11. The van der Waals surface area contributed by atoms with E-state index in [1.807, 2.05) is 36.0 Å². The molecule has 0 aliphatic carbocycles. The fourth-order valence-electron chi connectivity index (χ4n) is 4.56. The summed E-state index contributed by atoms with van der Waals surface area (Å²) < 4.78 is 0. The molecule has 3 atom stereocenters. The predicted octanol–water partition coefficient (Wildman–Crippen LogP) is 1.95. The van der Waals surface area contributed by atoms with Crippen molar-refractivity contribution in [3.8, 4) is 11.4 Å². The van der Waals surface area contributed by atoms with Crippen LogP contribution < -0.4 is 21.3 Å². The van der Waals surface area contributed by atoms with Crippen molar-refractivity contribution in [1.82, 2.24) is 41.7 Å². The van der Waals surface area contributed by atoms with Crippen LogP contribution in [-0.2, 0) is 16.1 Å². The number of nitrogens with zero attached hydrogens (tertiary/aromatic N) is 4. The summed E-state index contributed by atoms with van der Waals surface area (Å²) in [5.41, 5.74) is 1.81. The number of unbranched alkanes of at least 4 members (excludes halogenated alkanes) is 3. The Balaban J connectivity index is 0.978. The van der Waals surface area contributed by atoms with Gasteiger partial charge in [-0.05, 0) is 31.2 Å². The Bertz CT molecular complexity index is 1040. The zero-order valence-electron chi connectivity index (χ0n) is 20.8. The van der Waals surface area contributed by atoms with Gasteiger partial charge >= 0.3 is 6.03 Å². The maximum Gasteiger partial charge on any atom is 0.315 e. The van der Waals surface area contributed by atoms with Crippen molar-refractivity contribution in [3.63, 3.8) is 0 Å². The Morgan fingerprint density at radius 1 is 0.919 bits per heavy atom. The first-order valence-corrected chi connectivity index (χ1v) is 13.9. The number of urea groups is 1. The van der Waals surface area contributed by atoms with Gasteiger partial charge in [-0.1, -0.05) is 37.1 Å². The lowest BCUT2D eigenvalue weighted by molar-refractivity contribution is -0.122. The lowest BCUT2D eigenvalue weighted by Gasteiger charge is -2.16. The summed E-state index contributed by atoms with van der Waals surface area (Å²) in [6, 6.07) is 8.03. The second-order valence-electron chi connectivity index (χ2n) is 9.37. The van der Waals surface area contributed by atoms with Crippen LogP contribution in [0, 0.1) is 0 Å². The molecule has 2 saturated heterocycles. The topological polar surface area (TPSA) is 151 Å². The fourth-order valence-corrected chi connectivity index (χ4v) is 6.10. The van der Waals surface area contributed by atoms with E-state index in [0.717, 1.165) is 55.4 Å². The number of thioether (sulfide) groups is 1. The summed E-state index contributed by atoms with van der Waals surface area (Å²) in [5.74, 6) is 1.53. The Kier molecular flexibility index (Phi) is 10.0. The molecule has 0 unspecified atom stereocenters. The van der Waals surface area contributed by atoms with Crippen LogP contribution in [0.2, 0.25) is 0 Å². The summed E-state index contributed by atoms with van der Waals surface area (Å²) >= 11 is 1.91. The lowest BCUT2D eigenvalue weighted by atomic mass is 10.0. The highest BCUT2D eigenvalue weighted by Crippen LogP contribution is 2.33. The Morgan fingerprint density at radius 2 is 1.65 bits per heavy atom. The number of hydrogen-bond donors (Lipinski definition) is 4. The number of nitrogens with one attached hydrogen (secondary N) is 4. The van der Waals surface area contributed by atoms with Gasteiger partial charge in [0.1, 0.15) is 0 Å². The van der Waals surface area contributed by atoms with Gasteiger partial charge in [0, 0.05) is 42.5 Å². The Morgan fingerprint density at radius 3 is 2.43 bits per heavy atom. The van der Waals surface area contributed by atoms with Crippen LogP contribution in [0.25, 0.3) is 11.4 Å². The van der Waals surface area contributed by atoms with Crippen LogP contribution >= 0.6 is 11.8 Å². The van der Waals surface area contributed by atoms with Gasteiger partial charge in [0.15, 0.2) is 6.33 Å². The molecule has 198 valence electrons. The van der Waals surface area contributed by atoms with Gasteiger partial charge in [-0.15, -0.1) is 20.4 Å². The number of hydrogen-bond acceptors (Lipinski definition) is 8. The number of rotatable bonds is 14. The average Bonchev–Trinajstić information content (AvgIpc) is 3.47. The summed E-state index contributed by atoms with van der Waals surface area (Å²) in [4.78, 5) is 35.6. The molecule has 4 rings (SSSR count). The molecule has 0 spiro atoms. The second-order valence-corrected chi connectivity index (χ2v) is 10.6. The minimum absolute atomic E-state index is 0.0209. The van der Waals surface area contributed by atoms with Gasteiger partial charge in [0.2, 0.25) is 17.6 Å². The van der Waals surface area contributed by atoms with Gasteiger partial charge in [-0.2, -0.15) is 11.8 Å². The molecule has 0 radical (unpaired) electrons. The predicted molar refractivity (Wildman–Crippen MR) is 140 cm³/mol. The van der Waals surface area contributed by atoms with Crippen LogP contribution in [0.3, 0.4) is 0 Å². The smallest absolute Gasteiger partial charge is 0.315 e. The highest BCUT2D eigenvalue weighted by Gasteiger charge is 2.42. The molecule has 2 fully saturated rings. The lowest BCUT2D eigenvalue weighted by Crippen LogP contribution is -2.36. The number of carbonyl (C=O) groups is 3. The van der Waals surface area contributed by atoms with Crippen molar-refractivity contribution in [2.75, 3.05) is 12.3 Å². The molecule has 4 N–H and O–H groups in total. The molecule has 2 aliphatic rings. The van der Waals surface area contributed by atoms with E-state index >= 15 is 0 Å². The van der Waals surface area contributed by atoms with Crippen molar-refractivity contribution in [2.24, 2.45) is 0 Å². The van der Waals surface area contributed by atoms with E-state index in [1.54, 1.807) is 0 Å². The molecule has 37 heavy (non-hydrogen) atoms. The molecule has 0 bridgehead atoms. The highest BCUT2D eigenvalue weighted by molar-refractivity contribution is 8.00. The third-order valence-electron chi connectivity index (χ3n) is 6.59. The quantitative estimate of drug-likeness (QED) is 0.215. The maximum absolute atomic E-state index is 12.1. The largest absolute Gasteiger partial charge is 0.356 e. The van der Waals surface area contributed by atoms with Crippen LogP contribution in [0.15, 0.2) is 30.6 Å². The molecule has 2 aromatic rings. The van der Waals surface area contributed by atoms with Crippen LogP contribution in [-0.4, -0.2) is 67.9 Å². The monoisotopic (exact) mass is 526 g/mol. The second kappa shape index (κ2) is 13.9. The first-order chi connectivity index (χ1) is 18.1. The molecule has 1 aromatic heterocycles. The summed E-state index contributed by atoms with van der Waals surface area (Å²) in [6.07, 6.45) is 7.70. The van der Waals surface area contributed by atoms with Gasteiger partial charge in [-0.25, -0.2) is 4.79 Å². The van der Waals surface area contributed by atoms with E-state index in [0.29, 0.717) is 37.0 Å². The number of carbonyl (C=O) groups excluding carboxylic acids is 3.